The maximum atomic E-state index is 12.2. The normalized spacial score (nSPS) is 28.4. The number of hydrogen-bond acceptors (Lipinski definition) is 4. The van der Waals surface area contributed by atoms with Crippen LogP contribution in [-0.2, 0) is 14.4 Å². The first-order chi connectivity index (χ1) is 8.61. The Morgan fingerprint density at radius 1 is 1.44 bits per heavy atom. The molecule has 2 aliphatic heterocycles. The van der Waals surface area contributed by atoms with Crippen LogP contribution in [0.2, 0.25) is 0 Å². The van der Waals surface area contributed by atoms with Crippen molar-refractivity contribution >= 4 is 17.7 Å². The molecule has 0 aromatic carbocycles. The molecule has 2 unspecified atom stereocenters. The second-order valence-electron chi connectivity index (χ2n) is 4.86. The summed E-state index contributed by atoms with van der Waals surface area (Å²) in [6.45, 7) is 2.78. The lowest BCUT2D eigenvalue weighted by molar-refractivity contribution is -0.150. The molecule has 0 aliphatic carbocycles. The molecule has 2 saturated heterocycles. The number of rotatable bonds is 3. The Hall–Kier alpha value is -1.43. The molecule has 2 heterocycles. The predicted molar refractivity (Wildman–Crippen MR) is 64.6 cm³/mol. The van der Waals surface area contributed by atoms with Gasteiger partial charge in [0.05, 0.1) is 0 Å². The van der Waals surface area contributed by atoms with Crippen molar-refractivity contribution < 1.29 is 14.4 Å². The van der Waals surface area contributed by atoms with E-state index in [0.29, 0.717) is 12.8 Å². The molecule has 0 saturated carbocycles. The van der Waals surface area contributed by atoms with Crippen LogP contribution >= 0.6 is 0 Å². The van der Waals surface area contributed by atoms with Gasteiger partial charge in [0.25, 0.3) is 0 Å². The van der Waals surface area contributed by atoms with E-state index in [2.05, 4.69) is 10.6 Å². The summed E-state index contributed by atoms with van der Waals surface area (Å²) in [5.74, 6) is -0.858. The Morgan fingerprint density at radius 3 is 2.83 bits per heavy atom. The summed E-state index contributed by atoms with van der Waals surface area (Å²) in [6.07, 6.45) is 2.96. The summed E-state index contributed by atoms with van der Waals surface area (Å²) in [6, 6.07) is -0.313. The molecule has 2 N–H and O–H groups in total. The summed E-state index contributed by atoms with van der Waals surface area (Å²) in [5.41, 5.74) is 0. The Bertz CT molecular complexity index is 364. The van der Waals surface area contributed by atoms with Gasteiger partial charge in [0.2, 0.25) is 17.7 Å². The molecule has 6 nitrogen and oxygen atoms in total. The van der Waals surface area contributed by atoms with E-state index in [0.717, 1.165) is 19.4 Å². The second kappa shape index (κ2) is 5.48. The summed E-state index contributed by atoms with van der Waals surface area (Å²) in [4.78, 5) is 36.6. The van der Waals surface area contributed by atoms with Crippen molar-refractivity contribution in [1.29, 1.82) is 0 Å². The topological polar surface area (TPSA) is 78.5 Å². The molecule has 0 spiro atoms. The third kappa shape index (κ3) is 2.69. The van der Waals surface area contributed by atoms with Crippen molar-refractivity contribution in [3.63, 3.8) is 0 Å². The van der Waals surface area contributed by atoms with E-state index >= 15 is 0 Å². The summed E-state index contributed by atoms with van der Waals surface area (Å²) < 4.78 is 0. The highest BCUT2D eigenvalue weighted by Gasteiger charge is 2.36. The van der Waals surface area contributed by atoms with Crippen LogP contribution in [0.15, 0.2) is 0 Å². The van der Waals surface area contributed by atoms with Crippen LogP contribution in [0, 0.1) is 0 Å². The number of hydrogen-bond donors (Lipinski definition) is 2. The van der Waals surface area contributed by atoms with Crippen molar-refractivity contribution in [2.24, 2.45) is 0 Å². The van der Waals surface area contributed by atoms with Crippen molar-refractivity contribution in [2.45, 2.75) is 44.7 Å². The number of amides is 3. The van der Waals surface area contributed by atoms with Gasteiger partial charge < -0.3 is 10.2 Å². The van der Waals surface area contributed by atoms with Gasteiger partial charge >= 0.3 is 0 Å². The second-order valence-corrected chi connectivity index (χ2v) is 4.86. The van der Waals surface area contributed by atoms with Crippen molar-refractivity contribution in [3.05, 3.63) is 0 Å². The van der Waals surface area contributed by atoms with E-state index in [1.165, 1.54) is 4.90 Å². The van der Waals surface area contributed by atoms with Crippen LogP contribution in [0.4, 0.5) is 0 Å². The van der Waals surface area contributed by atoms with Crippen LogP contribution < -0.4 is 10.6 Å². The zero-order valence-corrected chi connectivity index (χ0v) is 10.6. The largest absolute Gasteiger partial charge is 0.321 e. The molecule has 0 aromatic heterocycles. The Labute approximate surface area is 106 Å². The van der Waals surface area contributed by atoms with Crippen molar-refractivity contribution in [1.82, 2.24) is 15.5 Å². The van der Waals surface area contributed by atoms with Crippen LogP contribution in [0.5, 0.6) is 0 Å². The average Bonchev–Trinajstić information content (AvgIpc) is 2.80. The van der Waals surface area contributed by atoms with E-state index in [9.17, 15) is 14.4 Å². The van der Waals surface area contributed by atoms with Crippen LogP contribution in [0.1, 0.15) is 32.6 Å². The minimum atomic E-state index is -0.503. The van der Waals surface area contributed by atoms with Gasteiger partial charge in [-0.3, -0.25) is 19.7 Å². The van der Waals surface area contributed by atoms with Crippen molar-refractivity contribution in [2.75, 3.05) is 13.1 Å². The van der Waals surface area contributed by atoms with E-state index in [1.54, 1.807) is 0 Å². The monoisotopic (exact) mass is 253 g/mol. The molecule has 0 aromatic rings. The van der Waals surface area contributed by atoms with Gasteiger partial charge in [0.1, 0.15) is 12.6 Å². The molecule has 3 amide bonds. The summed E-state index contributed by atoms with van der Waals surface area (Å²) in [7, 11) is 0. The standard InChI is InChI=1S/C12H19N3O3/c1-2-9-12(18)14-10(16)7-15(9)11(17)6-8-4-3-5-13-8/h8-9,13H,2-7H2,1H3,(H,14,16,18). The molecular weight excluding hydrogens is 234 g/mol. The molecule has 0 radical (unpaired) electrons. The first kappa shape index (κ1) is 13.0. The van der Waals surface area contributed by atoms with Crippen molar-refractivity contribution in [3.8, 4) is 0 Å². The highest BCUT2D eigenvalue weighted by molar-refractivity contribution is 6.04. The van der Waals surface area contributed by atoms with Crippen LogP contribution in [0.25, 0.3) is 0 Å². The molecule has 18 heavy (non-hydrogen) atoms. The molecule has 2 fully saturated rings. The maximum Gasteiger partial charge on any atom is 0.249 e. The van der Waals surface area contributed by atoms with Gasteiger partial charge in [-0.2, -0.15) is 0 Å². The Morgan fingerprint density at radius 2 is 2.22 bits per heavy atom. The fourth-order valence-corrected chi connectivity index (χ4v) is 2.59. The Balaban J connectivity index is 2.01. The number of imide groups is 1. The van der Waals surface area contributed by atoms with Crippen LogP contribution in [0.3, 0.4) is 0 Å². The zero-order chi connectivity index (χ0) is 13.1. The first-order valence-corrected chi connectivity index (χ1v) is 6.48. The highest BCUT2D eigenvalue weighted by atomic mass is 16.2. The smallest absolute Gasteiger partial charge is 0.249 e. The third-order valence-corrected chi connectivity index (χ3v) is 3.55. The number of carbonyl (C=O) groups is 3. The Kier molecular flexibility index (Phi) is 3.96. The lowest BCUT2D eigenvalue weighted by Crippen LogP contribution is -2.60. The summed E-state index contributed by atoms with van der Waals surface area (Å²) >= 11 is 0. The zero-order valence-electron chi connectivity index (χ0n) is 10.6. The fourth-order valence-electron chi connectivity index (χ4n) is 2.59. The molecule has 2 aliphatic rings. The highest BCUT2D eigenvalue weighted by Crippen LogP contribution is 2.15. The molecule has 6 heteroatoms. The van der Waals surface area contributed by atoms with Gasteiger partial charge in [0.15, 0.2) is 0 Å². The first-order valence-electron chi connectivity index (χ1n) is 6.48. The quantitative estimate of drug-likeness (QED) is 0.658. The third-order valence-electron chi connectivity index (χ3n) is 3.55. The number of carbonyl (C=O) groups excluding carboxylic acids is 3. The van der Waals surface area contributed by atoms with Gasteiger partial charge in [0, 0.05) is 12.5 Å². The molecule has 2 rings (SSSR count). The molecular formula is C12H19N3O3. The lowest BCUT2D eigenvalue weighted by atomic mass is 10.1. The SMILES string of the molecule is CCC1C(=O)NC(=O)CN1C(=O)CC1CCCN1. The molecule has 0 bridgehead atoms. The van der Waals surface area contributed by atoms with Gasteiger partial charge in [-0.05, 0) is 25.8 Å². The van der Waals surface area contributed by atoms with E-state index in [4.69, 9.17) is 0 Å². The maximum absolute atomic E-state index is 12.2. The molecule has 2 atom stereocenters. The van der Waals surface area contributed by atoms with Gasteiger partial charge in [-0.1, -0.05) is 6.92 Å². The van der Waals surface area contributed by atoms with E-state index in [-0.39, 0.29) is 24.4 Å². The van der Waals surface area contributed by atoms with E-state index in [1.807, 2.05) is 6.92 Å². The lowest BCUT2D eigenvalue weighted by Gasteiger charge is -2.34. The minimum absolute atomic E-state index is 0.00417. The fraction of sp³-hybridized carbons (Fsp3) is 0.750. The van der Waals surface area contributed by atoms with E-state index < -0.39 is 11.9 Å². The number of nitrogens with zero attached hydrogens (tertiary/aromatic N) is 1. The van der Waals surface area contributed by atoms with Gasteiger partial charge in [-0.25, -0.2) is 0 Å². The van der Waals surface area contributed by atoms with Gasteiger partial charge in [-0.15, -0.1) is 0 Å². The average molecular weight is 253 g/mol. The number of nitrogens with one attached hydrogen (secondary N) is 2. The molecule has 100 valence electrons. The summed E-state index contributed by atoms with van der Waals surface area (Å²) in [5, 5.41) is 5.52. The predicted octanol–water partition coefficient (Wildman–Crippen LogP) is -0.608. The number of piperazine rings is 1. The minimum Gasteiger partial charge on any atom is -0.321 e. The van der Waals surface area contributed by atoms with Crippen LogP contribution in [-0.4, -0.2) is 47.8 Å².